The van der Waals surface area contributed by atoms with E-state index >= 15 is 0 Å². The number of allylic oxidation sites excluding steroid dienone is 1. The quantitative estimate of drug-likeness (QED) is 0.542. The molecule has 1 atom stereocenters. The lowest BCUT2D eigenvalue weighted by Crippen LogP contribution is -2.40. The molecular weight excluding hydrogens is 218 g/mol. The third-order valence-electron chi connectivity index (χ3n) is 3.30. The van der Waals surface area contributed by atoms with E-state index in [0.717, 1.165) is 37.1 Å². The Labute approximate surface area is 102 Å². The maximum absolute atomic E-state index is 11.7. The normalized spacial score (nSPS) is 24.4. The summed E-state index contributed by atoms with van der Waals surface area (Å²) in [5, 5.41) is 0. The molecular formula is C13H19NO3. The van der Waals surface area contributed by atoms with Crippen LogP contribution in [0.5, 0.6) is 0 Å². The highest BCUT2D eigenvalue weighted by Gasteiger charge is 2.31. The van der Waals surface area contributed by atoms with Crippen molar-refractivity contribution in [1.82, 2.24) is 4.90 Å². The molecule has 1 unspecified atom stereocenters. The van der Waals surface area contributed by atoms with Gasteiger partial charge in [0.15, 0.2) is 0 Å². The van der Waals surface area contributed by atoms with Crippen LogP contribution in [0.2, 0.25) is 0 Å². The summed E-state index contributed by atoms with van der Waals surface area (Å²) in [6.45, 7) is 3.54. The van der Waals surface area contributed by atoms with Crippen LogP contribution >= 0.6 is 0 Å². The number of hydrogen-bond donors (Lipinski definition) is 0. The summed E-state index contributed by atoms with van der Waals surface area (Å²) in [7, 11) is 1.44. The van der Waals surface area contributed by atoms with Crippen LogP contribution < -0.4 is 0 Å². The molecule has 0 N–H and O–H groups in total. The Morgan fingerprint density at radius 2 is 2.41 bits per heavy atom. The fourth-order valence-corrected chi connectivity index (χ4v) is 2.50. The topological polar surface area (TPSA) is 38.8 Å². The van der Waals surface area contributed by atoms with Gasteiger partial charge >= 0.3 is 5.97 Å². The number of ether oxygens (including phenoxy) is 2. The minimum absolute atomic E-state index is 0.105. The Balaban J connectivity index is 2.30. The summed E-state index contributed by atoms with van der Waals surface area (Å²) in [6.07, 6.45) is 6.66. The van der Waals surface area contributed by atoms with Gasteiger partial charge in [0.05, 0.1) is 19.3 Å². The van der Waals surface area contributed by atoms with Gasteiger partial charge in [-0.05, 0) is 19.3 Å². The van der Waals surface area contributed by atoms with E-state index in [0.29, 0.717) is 6.61 Å². The van der Waals surface area contributed by atoms with Crippen molar-refractivity contribution >= 4 is 5.97 Å². The Morgan fingerprint density at radius 1 is 1.59 bits per heavy atom. The van der Waals surface area contributed by atoms with Gasteiger partial charge in [-0.1, -0.05) is 19.1 Å². The van der Waals surface area contributed by atoms with Crippen LogP contribution in [0.25, 0.3) is 0 Å². The summed E-state index contributed by atoms with van der Waals surface area (Å²) in [5.41, 5.74) is 1.88. The third-order valence-corrected chi connectivity index (χ3v) is 3.30. The van der Waals surface area contributed by atoms with Gasteiger partial charge in [0.2, 0.25) is 0 Å². The monoisotopic (exact) mass is 237 g/mol. The predicted molar refractivity (Wildman–Crippen MR) is 64.2 cm³/mol. The van der Waals surface area contributed by atoms with Gasteiger partial charge in [0.25, 0.3) is 0 Å². The van der Waals surface area contributed by atoms with Crippen LogP contribution in [-0.2, 0) is 14.3 Å². The minimum Gasteiger partial charge on any atom is -0.466 e. The average molecular weight is 237 g/mol. The van der Waals surface area contributed by atoms with E-state index in [-0.39, 0.29) is 12.2 Å². The van der Waals surface area contributed by atoms with E-state index in [1.807, 2.05) is 6.08 Å². The second kappa shape index (κ2) is 5.36. The third kappa shape index (κ3) is 2.36. The molecule has 2 heterocycles. The van der Waals surface area contributed by atoms with Gasteiger partial charge in [-0.2, -0.15) is 0 Å². The molecule has 0 aromatic rings. The molecule has 2 aliphatic heterocycles. The molecule has 4 nitrogen and oxygen atoms in total. The van der Waals surface area contributed by atoms with Gasteiger partial charge in [0, 0.05) is 12.2 Å². The molecule has 0 aromatic carbocycles. The van der Waals surface area contributed by atoms with Crippen LogP contribution in [-0.4, -0.2) is 37.4 Å². The first-order valence-electron chi connectivity index (χ1n) is 6.11. The lowest BCUT2D eigenvalue weighted by atomic mass is 9.99. The van der Waals surface area contributed by atoms with E-state index in [4.69, 9.17) is 9.47 Å². The first-order valence-corrected chi connectivity index (χ1v) is 6.11. The number of hydrogen-bond acceptors (Lipinski definition) is 4. The summed E-state index contributed by atoms with van der Waals surface area (Å²) in [6, 6.07) is 0. The molecule has 0 fully saturated rings. The Morgan fingerprint density at radius 3 is 3.12 bits per heavy atom. The van der Waals surface area contributed by atoms with Crippen molar-refractivity contribution in [3.05, 3.63) is 23.4 Å². The summed E-state index contributed by atoms with van der Waals surface area (Å²) < 4.78 is 10.6. The first-order chi connectivity index (χ1) is 8.27. The highest BCUT2D eigenvalue weighted by atomic mass is 16.5. The molecule has 0 amide bonds. The zero-order chi connectivity index (χ0) is 12.3. The number of fused-ring (bicyclic) bond motifs is 1. The summed E-state index contributed by atoms with van der Waals surface area (Å²) in [5.74, 6) is -0.200. The molecule has 2 rings (SSSR count). The summed E-state index contributed by atoms with van der Waals surface area (Å²) >= 11 is 0. The summed E-state index contributed by atoms with van der Waals surface area (Å²) in [4.78, 5) is 13.9. The Bertz CT molecular complexity index is 360. The molecule has 0 aliphatic carbocycles. The van der Waals surface area contributed by atoms with Crippen LogP contribution in [0.1, 0.15) is 26.2 Å². The zero-order valence-corrected chi connectivity index (χ0v) is 10.4. The van der Waals surface area contributed by atoms with Gasteiger partial charge in [-0.25, -0.2) is 4.79 Å². The lowest BCUT2D eigenvalue weighted by molar-refractivity contribution is -0.137. The van der Waals surface area contributed by atoms with Crippen LogP contribution in [0.3, 0.4) is 0 Å². The molecule has 0 saturated carbocycles. The van der Waals surface area contributed by atoms with Crippen molar-refractivity contribution in [1.29, 1.82) is 0 Å². The molecule has 94 valence electrons. The second-order valence-corrected chi connectivity index (χ2v) is 4.22. The van der Waals surface area contributed by atoms with Crippen molar-refractivity contribution in [3.8, 4) is 0 Å². The fraction of sp³-hybridized carbons (Fsp3) is 0.615. The molecule has 0 bridgehead atoms. The van der Waals surface area contributed by atoms with Gasteiger partial charge in [-0.15, -0.1) is 0 Å². The van der Waals surface area contributed by atoms with Crippen LogP contribution in [0, 0.1) is 0 Å². The number of rotatable bonds is 2. The van der Waals surface area contributed by atoms with Crippen molar-refractivity contribution < 1.29 is 14.3 Å². The van der Waals surface area contributed by atoms with Crippen molar-refractivity contribution in [2.75, 3.05) is 20.3 Å². The van der Waals surface area contributed by atoms with E-state index in [9.17, 15) is 4.79 Å². The maximum atomic E-state index is 11.7. The molecule has 0 saturated heterocycles. The molecule has 17 heavy (non-hydrogen) atoms. The maximum Gasteiger partial charge on any atom is 0.335 e. The number of nitrogens with zero attached hydrogens (tertiary/aromatic N) is 1. The van der Waals surface area contributed by atoms with Gasteiger partial charge < -0.3 is 14.4 Å². The van der Waals surface area contributed by atoms with Crippen LogP contribution in [0.15, 0.2) is 23.4 Å². The molecule has 2 aliphatic rings. The first kappa shape index (κ1) is 12.2. The highest BCUT2D eigenvalue weighted by molar-refractivity contribution is 5.89. The van der Waals surface area contributed by atoms with Crippen molar-refractivity contribution in [3.63, 3.8) is 0 Å². The predicted octanol–water partition coefficient (Wildman–Crippen LogP) is 1.83. The molecule has 0 radical (unpaired) electrons. The van der Waals surface area contributed by atoms with E-state index < -0.39 is 0 Å². The van der Waals surface area contributed by atoms with E-state index in [1.165, 1.54) is 7.11 Å². The minimum atomic E-state index is -0.200. The van der Waals surface area contributed by atoms with Gasteiger partial charge in [0.1, 0.15) is 6.23 Å². The number of carbonyl (C=O) groups excluding carboxylic acids is 1. The zero-order valence-electron chi connectivity index (χ0n) is 10.4. The standard InChI is InChI=1S/C13H19NO3/c1-3-11-10(13(15)16-2)6-7-12-14(11)8-4-5-9-17-12/h4-5,12H,3,6-9H2,1-2H3. The Hall–Kier alpha value is -1.29. The molecule has 0 spiro atoms. The van der Waals surface area contributed by atoms with Crippen molar-refractivity contribution in [2.45, 2.75) is 32.4 Å². The lowest BCUT2D eigenvalue weighted by Gasteiger charge is -2.38. The fourth-order valence-electron chi connectivity index (χ4n) is 2.50. The molecule has 0 aromatic heterocycles. The SMILES string of the molecule is CCC1=C(C(=O)OC)CCC2OCC=CCN12. The van der Waals surface area contributed by atoms with Crippen LogP contribution in [0.4, 0.5) is 0 Å². The number of carbonyl (C=O) groups is 1. The van der Waals surface area contributed by atoms with E-state index in [1.54, 1.807) is 0 Å². The largest absolute Gasteiger partial charge is 0.466 e. The second-order valence-electron chi connectivity index (χ2n) is 4.22. The van der Waals surface area contributed by atoms with E-state index in [2.05, 4.69) is 17.9 Å². The smallest absolute Gasteiger partial charge is 0.335 e. The number of esters is 1. The Kier molecular flexibility index (Phi) is 3.84. The van der Waals surface area contributed by atoms with Crippen molar-refractivity contribution in [2.24, 2.45) is 0 Å². The highest BCUT2D eigenvalue weighted by Crippen LogP contribution is 2.31. The average Bonchev–Trinajstić information content (AvgIpc) is 2.61. The molecule has 4 heteroatoms. The number of methoxy groups -OCH3 is 1. The van der Waals surface area contributed by atoms with Gasteiger partial charge in [-0.3, -0.25) is 0 Å².